The molecule has 1 fully saturated rings. The van der Waals surface area contributed by atoms with Crippen molar-refractivity contribution in [2.75, 3.05) is 38.8 Å². The summed E-state index contributed by atoms with van der Waals surface area (Å²) in [5, 5.41) is 2.08. The number of amides is 3. The lowest BCUT2D eigenvalue weighted by Gasteiger charge is -2.19. The zero-order valence-corrected chi connectivity index (χ0v) is 20.8. The minimum absolute atomic E-state index is 0.114. The summed E-state index contributed by atoms with van der Waals surface area (Å²) in [7, 11) is 1.24. The third-order valence-electron chi connectivity index (χ3n) is 4.83. The Morgan fingerprint density at radius 2 is 1.91 bits per heavy atom. The molecular weight excluding hydrogens is 544 g/mol. The minimum atomic E-state index is -0.615. The van der Waals surface area contributed by atoms with Gasteiger partial charge in [-0.15, -0.1) is 0 Å². The monoisotopic (exact) mass is 562 g/mol. The van der Waals surface area contributed by atoms with Crippen LogP contribution in [0.4, 0.5) is 10.5 Å². The van der Waals surface area contributed by atoms with E-state index < -0.39 is 29.6 Å². The average Bonchev–Trinajstić information content (AvgIpc) is 3.10. The first-order chi connectivity index (χ1) is 16.8. The number of hydrogen-bond donors (Lipinski definition) is 1. The maximum atomic E-state index is 12.9. The maximum absolute atomic E-state index is 12.9. The van der Waals surface area contributed by atoms with Crippen molar-refractivity contribution in [2.24, 2.45) is 0 Å². The van der Waals surface area contributed by atoms with Crippen LogP contribution in [0.3, 0.4) is 0 Å². The van der Waals surface area contributed by atoms with E-state index in [1.807, 2.05) is 0 Å². The fraction of sp³-hybridized carbons (Fsp3) is 0.217. The first-order valence-corrected chi connectivity index (χ1v) is 11.9. The van der Waals surface area contributed by atoms with E-state index in [0.717, 1.165) is 4.90 Å². The third-order valence-corrected chi connectivity index (χ3v) is 6.23. The Morgan fingerprint density at radius 3 is 2.69 bits per heavy atom. The molecule has 2 aromatic carbocycles. The van der Waals surface area contributed by atoms with Gasteiger partial charge in [-0.1, -0.05) is 15.9 Å². The number of benzene rings is 2. The second-order valence-corrected chi connectivity index (χ2v) is 9.13. The van der Waals surface area contributed by atoms with Crippen LogP contribution >= 0.6 is 27.7 Å². The molecule has 2 aliphatic heterocycles. The van der Waals surface area contributed by atoms with Crippen molar-refractivity contribution in [2.45, 2.75) is 0 Å². The van der Waals surface area contributed by atoms with Gasteiger partial charge in [0.2, 0.25) is 5.91 Å². The van der Waals surface area contributed by atoms with Crippen LogP contribution in [-0.2, 0) is 19.1 Å². The number of esters is 1. The number of fused-ring (bicyclic) bond motifs is 1. The van der Waals surface area contributed by atoms with Crippen molar-refractivity contribution in [3.63, 3.8) is 0 Å². The number of hydrogen-bond acceptors (Lipinski definition) is 9. The van der Waals surface area contributed by atoms with Gasteiger partial charge in [0.25, 0.3) is 11.1 Å². The molecule has 0 unspecified atom stereocenters. The second-order valence-electron chi connectivity index (χ2n) is 7.22. The predicted molar refractivity (Wildman–Crippen MR) is 130 cm³/mol. The van der Waals surface area contributed by atoms with Crippen molar-refractivity contribution in [3.8, 4) is 17.2 Å². The number of methoxy groups -OCH3 is 1. The van der Waals surface area contributed by atoms with Gasteiger partial charge in [0.15, 0.2) is 18.1 Å². The van der Waals surface area contributed by atoms with Crippen molar-refractivity contribution >= 4 is 62.5 Å². The molecule has 0 bridgehead atoms. The first-order valence-electron chi connectivity index (χ1n) is 10.3. The predicted octanol–water partition coefficient (Wildman–Crippen LogP) is 3.45. The second kappa shape index (κ2) is 10.8. The number of anilines is 1. The van der Waals surface area contributed by atoms with Gasteiger partial charge in [0.05, 0.1) is 12.0 Å². The van der Waals surface area contributed by atoms with Crippen LogP contribution in [0.5, 0.6) is 17.2 Å². The average molecular weight is 563 g/mol. The lowest BCUT2D eigenvalue weighted by atomic mass is 10.2. The van der Waals surface area contributed by atoms with E-state index in [2.05, 4.69) is 26.0 Å². The molecule has 1 N–H and O–H groups in total. The Morgan fingerprint density at radius 1 is 1.14 bits per heavy atom. The Labute approximate surface area is 212 Å². The van der Waals surface area contributed by atoms with E-state index in [1.54, 1.807) is 36.4 Å². The molecule has 0 radical (unpaired) electrons. The number of ether oxygens (including phenoxy) is 4. The van der Waals surface area contributed by atoms with Gasteiger partial charge in [0, 0.05) is 21.8 Å². The highest BCUT2D eigenvalue weighted by molar-refractivity contribution is 9.10. The zero-order chi connectivity index (χ0) is 24.9. The summed E-state index contributed by atoms with van der Waals surface area (Å²) in [5.41, 5.74) is 0.915. The highest BCUT2D eigenvalue weighted by Gasteiger charge is 2.36. The largest absolute Gasteiger partial charge is 0.486 e. The summed E-state index contributed by atoms with van der Waals surface area (Å²) in [5.74, 6) is -0.328. The van der Waals surface area contributed by atoms with Gasteiger partial charge in [0.1, 0.15) is 25.5 Å². The van der Waals surface area contributed by atoms with Crippen LogP contribution in [0.15, 0.2) is 45.8 Å². The molecule has 10 nitrogen and oxygen atoms in total. The van der Waals surface area contributed by atoms with Crippen LogP contribution in [0.1, 0.15) is 5.56 Å². The van der Waals surface area contributed by atoms with E-state index in [-0.39, 0.29) is 11.5 Å². The summed E-state index contributed by atoms with van der Waals surface area (Å²) in [6.07, 6.45) is 1.47. The summed E-state index contributed by atoms with van der Waals surface area (Å²) in [6.45, 7) is 0.0757. The Kier molecular flexibility index (Phi) is 7.61. The summed E-state index contributed by atoms with van der Waals surface area (Å²) in [4.78, 5) is 50.3. The first kappa shape index (κ1) is 24.6. The number of rotatable bonds is 7. The van der Waals surface area contributed by atoms with Crippen LogP contribution in [0.2, 0.25) is 0 Å². The van der Waals surface area contributed by atoms with E-state index >= 15 is 0 Å². The van der Waals surface area contributed by atoms with E-state index in [9.17, 15) is 19.2 Å². The lowest BCUT2D eigenvalue weighted by molar-refractivity contribution is -0.142. The summed E-state index contributed by atoms with van der Waals surface area (Å²) < 4.78 is 21.7. The number of nitrogens with zero attached hydrogens (tertiary/aromatic N) is 1. The van der Waals surface area contributed by atoms with Gasteiger partial charge in [-0.05, 0) is 48.2 Å². The van der Waals surface area contributed by atoms with E-state index in [1.165, 1.54) is 13.2 Å². The maximum Gasteiger partial charge on any atom is 0.343 e. The number of carbonyl (C=O) groups is 4. The number of nitrogens with one attached hydrogen (secondary N) is 1. The quantitative estimate of drug-likeness (QED) is 0.399. The fourth-order valence-electron chi connectivity index (χ4n) is 3.20. The number of imide groups is 1. The molecule has 35 heavy (non-hydrogen) atoms. The van der Waals surface area contributed by atoms with Crippen LogP contribution in [0.25, 0.3) is 6.08 Å². The molecular formula is C23H19BrN2O8S. The smallest absolute Gasteiger partial charge is 0.343 e. The molecule has 2 aromatic rings. The van der Waals surface area contributed by atoms with Crippen molar-refractivity contribution in [3.05, 3.63) is 51.3 Å². The molecule has 2 heterocycles. The standard InChI is InChI=1S/C23H19BrN2O8S/c1-31-21(28)12-34-16-4-2-14(24)8-13(16)9-19-22(29)26(23(30)35-19)11-20(27)25-15-3-5-17-18(10-15)33-7-6-32-17/h2-5,8-10H,6-7,11-12H2,1H3,(H,25,27)/b19-9+. The normalized spacial score (nSPS) is 15.8. The van der Waals surface area contributed by atoms with Crippen LogP contribution in [-0.4, -0.2) is 61.4 Å². The number of halogens is 1. The zero-order valence-electron chi connectivity index (χ0n) is 18.4. The SMILES string of the molecule is COC(=O)COc1ccc(Br)cc1/C=C1/SC(=O)N(CC(=O)Nc2ccc3c(c2)OCCO3)C1=O. The van der Waals surface area contributed by atoms with Crippen LogP contribution < -0.4 is 19.5 Å². The third kappa shape index (κ3) is 5.95. The van der Waals surface area contributed by atoms with Gasteiger partial charge >= 0.3 is 5.97 Å². The molecule has 182 valence electrons. The lowest BCUT2D eigenvalue weighted by Crippen LogP contribution is -2.36. The highest BCUT2D eigenvalue weighted by Crippen LogP contribution is 2.35. The summed E-state index contributed by atoms with van der Waals surface area (Å²) >= 11 is 4.06. The molecule has 0 atom stereocenters. The molecule has 12 heteroatoms. The molecule has 2 aliphatic rings. The molecule has 0 aliphatic carbocycles. The van der Waals surface area contributed by atoms with Crippen molar-refractivity contribution < 1.29 is 38.1 Å². The van der Waals surface area contributed by atoms with E-state index in [0.29, 0.717) is 57.9 Å². The molecule has 4 rings (SSSR count). The van der Waals surface area contributed by atoms with Gasteiger partial charge < -0.3 is 24.3 Å². The molecule has 3 amide bonds. The Balaban J connectivity index is 1.45. The molecule has 0 saturated carbocycles. The Hall–Kier alpha value is -3.51. The summed E-state index contributed by atoms with van der Waals surface area (Å²) in [6, 6.07) is 9.92. The Bertz CT molecular complexity index is 1230. The number of thioether (sulfide) groups is 1. The van der Waals surface area contributed by atoms with Crippen molar-refractivity contribution in [1.29, 1.82) is 0 Å². The van der Waals surface area contributed by atoms with Gasteiger partial charge in [-0.2, -0.15) is 0 Å². The topological polar surface area (TPSA) is 120 Å². The van der Waals surface area contributed by atoms with Crippen molar-refractivity contribution in [1.82, 2.24) is 4.90 Å². The molecule has 1 saturated heterocycles. The van der Waals surface area contributed by atoms with Gasteiger partial charge in [-0.25, -0.2) is 4.79 Å². The molecule has 0 aromatic heterocycles. The fourth-order valence-corrected chi connectivity index (χ4v) is 4.41. The van der Waals surface area contributed by atoms with Crippen LogP contribution in [0, 0.1) is 0 Å². The highest BCUT2D eigenvalue weighted by atomic mass is 79.9. The minimum Gasteiger partial charge on any atom is -0.486 e. The molecule has 0 spiro atoms. The number of carbonyl (C=O) groups excluding carboxylic acids is 4. The van der Waals surface area contributed by atoms with Gasteiger partial charge in [-0.3, -0.25) is 19.3 Å². The van der Waals surface area contributed by atoms with E-state index in [4.69, 9.17) is 14.2 Å².